The second-order valence-corrected chi connectivity index (χ2v) is 5.00. The highest BCUT2D eigenvalue weighted by Gasteiger charge is 2.32. The van der Waals surface area contributed by atoms with Gasteiger partial charge in [0.2, 0.25) is 5.91 Å². The van der Waals surface area contributed by atoms with Crippen molar-refractivity contribution in [2.45, 2.75) is 45.0 Å². The highest BCUT2D eigenvalue weighted by Crippen LogP contribution is 2.27. The number of aryl methyl sites for hydroxylation is 1. The molecule has 120 valence electrons. The van der Waals surface area contributed by atoms with Crippen molar-refractivity contribution in [2.75, 3.05) is 0 Å². The zero-order chi connectivity index (χ0) is 16.8. The lowest BCUT2D eigenvalue weighted by molar-refractivity contribution is -0.274. The Morgan fingerprint density at radius 3 is 2.55 bits per heavy atom. The predicted molar refractivity (Wildman–Crippen MR) is 73.9 cm³/mol. The van der Waals surface area contributed by atoms with Gasteiger partial charge in [-0.15, -0.1) is 13.2 Å². The monoisotopic (exact) mass is 314 g/mol. The fourth-order valence-corrected chi connectivity index (χ4v) is 1.75. The molecule has 0 saturated heterocycles. The summed E-state index contributed by atoms with van der Waals surface area (Å²) in [7, 11) is 0. The average Bonchev–Trinajstić information content (AvgIpc) is 2.44. The second-order valence-electron chi connectivity index (χ2n) is 5.00. The van der Waals surface area contributed by atoms with Gasteiger partial charge in [-0.05, 0) is 31.4 Å². The lowest BCUT2D eigenvalue weighted by Crippen LogP contribution is -2.44. The van der Waals surface area contributed by atoms with Crippen molar-refractivity contribution in [2.24, 2.45) is 0 Å². The minimum atomic E-state index is -4.78. The summed E-state index contributed by atoms with van der Waals surface area (Å²) in [6, 6.07) is 7.66. The summed E-state index contributed by atoms with van der Waals surface area (Å²) in [6.45, 7) is 3.35. The van der Waals surface area contributed by atoms with Gasteiger partial charge >= 0.3 is 6.36 Å². The average molecular weight is 314 g/mol. The third kappa shape index (κ3) is 5.64. The molecule has 0 fully saturated rings. The first-order valence-electron chi connectivity index (χ1n) is 6.75. The molecule has 1 aromatic carbocycles. The van der Waals surface area contributed by atoms with Crippen molar-refractivity contribution < 1.29 is 22.7 Å². The summed E-state index contributed by atoms with van der Waals surface area (Å²) in [5, 5.41) is 11.5. The van der Waals surface area contributed by atoms with Crippen LogP contribution in [-0.4, -0.2) is 17.8 Å². The van der Waals surface area contributed by atoms with E-state index in [1.807, 2.05) is 6.07 Å². The Morgan fingerprint density at radius 2 is 2.00 bits per heavy atom. The maximum absolute atomic E-state index is 12.3. The summed E-state index contributed by atoms with van der Waals surface area (Å²) >= 11 is 0. The molecular weight excluding hydrogens is 297 g/mol. The number of nitrogens with one attached hydrogen (secondary N) is 1. The van der Waals surface area contributed by atoms with Crippen LogP contribution in [0.25, 0.3) is 0 Å². The molecule has 0 aliphatic carbocycles. The molecule has 1 atom stereocenters. The van der Waals surface area contributed by atoms with E-state index in [2.05, 4.69) is 10.1 Å². The van der Waals surface area contributed by atoms with Crippen LogP contribution in [0.3, 0.4) is 0 Å². The number of alkyl halides is 3. The molecule has 1 N–H and O–H groups in total. The quantitative estimate of drug-likeness (QED) is 0.876. The van der Waals surface area contributed by atoms with Crippen molar-refractivity contribution in [3.8, 4) is 11.8 Å². The number of nitrogens with zero attached hydrogens (tertiary/aromatic N) is 1. The van der Waals surface area contributed by atoms with Crippen molar-refractivity contribution >= 4 is 5.91 Å². The number of hydrogen-bond donors (Lipinski definition) is 1. The van der Waals surface area contributed by atoms with Gasteiger partial charge in [-0.2, -0.15) is 5.26 Å². The lowest BCUT2D eigenvalue weighted by atomic mass is 10.0. The van der Waals surface area contributed by atoms with E-state index in [-0.39, 0.29) is 24.2 Å². The van der Waals surface area contributed by atoms with Gasteiger partial charge in [-0.1, -0.05) is 25.1 Å². The Bertz CT molecular complexity index is 567. The molecule has 0 aliphatic rings. The molecule has 0 bridgehead atoms. The highest BCUT2D eigenvalue weighted by atomic mass is 19.4. The van der Waals surface area contributed by atoms with Crippen LogP contribution in [-0.2, 0) is 11.2 Å². The van der Waals surface area contributed by atoms with E-state index in [0.29, 0.717) is 6.42 Å². The van der Waals surface area contributed by atoms with Crippen LogP contribution in [0, 0.1) is 11.3 Å². The number of benzene rings is 1. The van der Waals surface area contributed by atoms with Gasteiger partial charge in [0.05, 0.1) is 6.07 Å². The number of halogens is 3. The van der Waals surface area contributed by atoms with E-state index in [0.717, 1.165) is 0 Å². The first-order valence-corrected chi connectivity index (χ1v) is 6.75. The molecule has 0 heterocycles. The maximum atomic E-state index is 12.3. The second kappa shape index (κ2) is 7.16. The van der Waals surface area contributed by atoms with Gasteiger partial charge in [0.25, 0.3) is 0 Å². The van der Waals surface area contributed by atoms with Gasteiger partial charge in [0.15, 0.2) is 0 Å². The van der Waals surface area contributed by atoms with Crippen LogP contribution in [0.1, 0.15) is 32.3 Å². The molecule has 22 heavy (non-hydrogen) atoms. The fraction of sp³-hybridized carbons (Fsp3) is 0.467. The molecule has 7 heteroatoms. The van der Waals surface area contributed by atoms with Gasteiger partial charge in [-0.3, -0.25) is 4.79 Å². The maximum Gasteiger partial charge on any atom is 0.573 e. The van der Waals surface area contributed by atoms with E-state index < -0.39 is 17.8 Å². The van der Waals surface area contributed by atoms with Gasteiger partial charge in [0.1, 0.15) is 11.3 Å². The van der Waals surface area contributed by atoms with E-state index in [1.165, 1.54) is 18.2 Å². The van der Waals surface area contributed by atoms with Crippen molar-refractivity contribution in [1.82, 2.24) is 5.32 Å². The number of ether oxygens (including phenoxy) is 1. The zero-order valence-electron chi connectivity index (χ0n) is 12.3. The van der Waals surface area contributed by atoms with Crippen LogP contribution < -0.4 is 10.1 Å². The summed E-state index contributed by atoms with van der Waals surface area (Å²) in [4.78, 5) is 11.8. The van der Waals surface area contributed by atoms with Crippen molar-refractivity contribution in [1.29, 1.82) is 5.26 Å². The van der Waals surface area contributed by atoms with Gasteiger partial charge in [0, 0.05) is 6.42 Å². The largest absolute Gasteiger partial charge is 0.573 e. The third-order valence-corrected chi connectivity index (χ3v) is 3.19. The lowest BCUT2D eigenvalue weighted by Gasteiger charge is -2.21. The minimum absolute atomic E-state index is 0.0322. The van der Waals surface area contributed by atoms with Crippen LogP contribution in [0.5, 0.6) is 5.75 Å². The Labute approximate surface area is 126 Å². The number of amides is 1. The van der Waals surface area contributed by atoms with Crippen LogP contribution in [0.15, 0.2) is 24.3 Å². The molecule has 0 aliphatic heterocycles. The normalized spacial score (nSPS) is 13.8. The van der Waals surface area contributed by atoms with E-state index >= 15 is 0 Å². The molecule has 0 aromatic heterocycles. The topological polar surface area (TPSA) is 62.1 Å². The van der Waals surface area contributed by atoms with Crippen LogP contribution in [0.4, 0.5) is 13.2 Å². The van der Waals surface area contributed by atoms with Gasteiger partial charge in [-0.25, -0.2) is 0 Å². The number of para-hydroxylation sites is 1. The Balaban J connectivity index is 2.69. The molecule has 0 spiro atoms. The standard InChI is InChI=1S/C15H17F3N2O2/c1-3-14(2,10-19)20-13(21)9-8-11-6-4-5-7-12(11)22-15(16,17)18/h4-7H,3,8-9H2,1-2H3,(H,20,21)/t14-/m0/s1. The van der Waals surface area contributed by atoms with E-state index in [1.54, 1.807) is 19.9 Å². The minimum Gasteiger partial charge on any atom is -0.406 e. The van der Waals surface area contributed by atoms with Gasteiger partial charge < -0.3 is 10.1 Å². The summed E-state index contributed by atoms with van der Waals surface area (Å²) in [5.41, 5.74) is -0.691. The Hall–Kier alpha value is -2.23. The molecule has 1 rings (SSSR count). The van der Waals surface area contributed by atoms with Crippen molar-refractivity contribution in [3.63, 3.8) is 0 Å². The highest BCUT2D eigenvalue weighted by molar-refractivity contribution is 5.77. The summed E-state index contributed by atoms with van der Waals surface area (Å²) < 4.78 is 40.8. The Kier molecular flexibility index (Phi) is 5.80. The summed E-state index contributed by atoms with van der Waals surface area (Å²) in [5.74, 6) is -0.714. The predicted octanol–water partition coefficient (Wildman–Crippen LogP) is 3.33. The fourth-order valence-electron chi connectivity index (χ4n) is 1.75. The zero-order valence-corrected chi connectivity index (χ0v) is 12.3. The molecule has 1 amide bonds. The first kappa shape index (κ1) is 17.8. The molecule has 0 radical (unpaired) electrons. The van der Waals surface area contributed by atoms with Crippen molar-refractivity contribution in [3.05, 3.63) is 29.8 Å². The van der Waals surface area contributed by atoms with Crippen LogP contribution >= 0.6 is 0 Å². The SMILES string of the molecule is CC[C@@](C)(C#N)NC(=O)CCc1ccccc1OC(F)(F)F. The molecule has 0 unspecified atom stereocenters. The molecule has 4 nitrogen and oxygen atoms in total. The number of nitriles is 1. The van der Waals surface area contributed by atoms with E-state index in [9.17, 15) is 18.0 Å². The van der Waals surface area contributed by atoms with E-state index in [4.69, 9.17) is 5.26 Å². The number of hydrogen-bond acceptors (Lipinski definition) is 3. The number of rotatable bonds is 6. The van der Waals surface area contributed by atoms with Crippen LogP contribution in [0.2, 0.25) is 0 Å². The molecule has 0 saturated carbocycles. The Morgan fingerprint density at radius 1 is 1.36 bits per heavy atom. The smallest absolute Gasteiger partial charge is 0.406 e. The first-order chi connectivity index (χ1) is 10.2. The summed E-state index contributed by atoms with van der Waals surface area (Å²) in [6.07, 6.45) is -4.29. The molecular formula is C15H17F3N2O2. The number of carbonyl (C=O) groups excluding carboxylic acids is 1. The number of carbonyl (C=O) groups is 1. The molecule has 1 aromatic rings. The third-order valence-electron chi connectivity index (χ3n) is 3.19.